The molecule has 0 radical (unpaired) electrons. The second kappa shape index (κ2) is 7.66. The molecule has 19 heavy (non-hydrogen) atoms. The summed E-state index contributed by atoms with van der Waals surface area (Å²) in [6.45, 7) is 6.23. The van der Waals surface area contributed by atoms with E-state index >= 15 is 0 Å². The molecule has 1 aliphatic rings. The highest BCUT2D eigenvalue weighted by Gasteiger charge is 2.28. The first-order valence-corrected chi connectivity index (χ1v) is 7.73. The predicted octanol–water partition coefficient (Wildman–Crippen LogP) is 3.27. The number of piperidine rings is 1. The number of rotatable bonds is 6. The van der Waals surface area contributed by atoms with Crippen LogP contribution in [0.25, 0.3) is 0 Å². The molecule has 2 unspecified atom stereocenters. The van der Waals surface area contributed by atoms with Crippen LogP contribution in [-0.2, 0) is 0 Å². The largest absolute Gasteiger partial charge is 0.396 e. The molecule has 1 N–H and O–H groups in total. The molecule has 2 nitrogen and oxygen atoms in total. The van der Waals surface area contributed by atoms with E-state index in [1.807, 2.05) is 0 Å². The van der Waals surface area contributed by atoms with Crippen LogP contribution in [-0.4, -0.2) is 36.2 Å². The van der Waals surface area contributed by atoms with Crippen molar-refractivity contribution >= 4 is 0 Å². The smallest absolute Gasteiger partial charge is 0.0431 e. The van der Waals surface area contributed by atoms with E-state index in [0.29, 0.717) is 6.61 Å². The Morgan fingerprint density at radius 3 is 2.68 bits per heavy atom. The van der Waals surface area contributed by atoms with Crippen molar-refractivity contribution in [3.63, 3.8) is 0 Å². The van der Waals surface area contributed by atoms with Crippen LogP contribution in [0.15, 0.2) is 30.3 Å². The molecule has 2 atom stereocenters. The van der Waals surface area contributed by atoms with Crippen LogP contribution in [0.4, 0.5) is 0 Å². The highest BCUT2D eigenvalue weighted by Crippen LogP contribution is 2.34. The molecule has 1 aliphatic heterocycles. The molecule has 1 heterocycles. The summed E-state index contributed by atoms with van der Waals surface area (Å²) in [5, 5.41) is 8.87. The zero-order valence-corrected chi connectivity index (χ0v) is 12.1. The maximum Gasteiger partial charge on any atom is 0.0431 e. The highest BCUT2D eigenvalue weighted by atomic mass is 16.2. The Morgan fingerprint density at radius 2 is 2.00 bits per heavy atom. The van der Waals surface area contributed by atoms with Gasteiger partial charge in [-0.25, -0.2) is 0 Å². The fraction of sp³-hybridized carbons (Fsp3) is 0.647. The van der Waals surface area contributed by atoms with Gasteiger partial charge >= 0.3 is 0 Å². The van der Waals surface area contributed by atoms with Gasteiger partial charge in [0.25, 0.3) is 0 Å². The summed E-state index contributed by atoms with van der Waals surface area (Å²) < 4.78 is 0. The van der Waals surface area contributed by atoms with E-state index in [9.17, 15) is 0 Å². The van der Waals surface area contributed by atoms with Crippen LogP contribution >= 0.6 is 0 Å². The Kier molecular flexibility index (Phi) is 5.87. The van der Waals surface area contributed by atoms with Crippen LogP contribution in [0.1, 0.15) is 44.1 Å². The Balaban J connectivity index is 1.91. The molecule has 0 aliphatic carbocycles. The highest BCUT2D eigenvalue weighted by molar-refractivity contribution is 5.21. The number of nitrogens with zero attached hydrogens (tertiary/aromatic N) is 1. The first kappa shape index (κ1) is 14.5. The van der Waals surface area contributed by atoms with Crippen molar-refractivity contribution < 1.29 is 5.11 Å². The van der Waals surface area contributed by atoms with Crippen molar-refractivity contribution in [2.45, 2.75) is 38.5 Å². The summed E-state index contributed by atoms with van der Waals surface area (Å²) in [5.74, 6) is 1.52. The van der Waals surface area contributed by atoms with Crippen LogP contribution < -0.4 is 0 Å². The lowest BCUT2D eigenvalue weighted by Gasteiger charge is -2.38. The van der Waals surface area contributed by atoms with Gasteiger partial charge < -0.3 is 10.0 Å². The molecule has 106 valence electrons. The molecular formula is C17H27NO. The van der Waals surface area contributed by atoms with Crippen LogP contribution in [0.3, 0.4) is 0 Å². The Bertz CT molecular complexity index is 352. The number of aliphatic hydroxyl groups is 1. The van der Waals surface area contributed by atoms with Crippen LogP contribution in [0.2, 0.25) is 0 Å². The first-order valence-electron chi connectivity index (χ1n) is 7.73. The van der Waals surface area contributed by atoms with Crippen molar-refractivity contribution in [2.75, 3.05) is 26.2 Å². The third-order valence-corrected chi connectivity index (χ3v) is 4.45. The number of unbranched alkanes of at least 4 members (excludes halogenated alkanes) is 1. The molecule has 0 amide bonds. The van der Waals surface area contributed by atoms with Gasteiger partial charge in [-0.3, -0.25) is 0 Å². The van der Waals surface area contributed by atoms with Gasteiger partial charge in [0.05, 0.1) is 0 Å². The molecule has 1 fully saturated rings. The zero-order chi connectivity index (χ0) is 13.5. The van der Waals surface area contributed by atoms with Crippen molar-refractivity contribution in [1.82, 2.24) is 4.90 Å². The Morgan fingerprint density at radius 1 is 1.21 bits per heavy atom. The average molecular weight is 261 g/mol. The van der Waals surface area contributed by atoms with Gasteiger partial charge in [0.1, 0.15) is 0 Å². The summed E-state index contributed by atoms with van der Waals surface area (Å²) in [5.41, 5.74) is 1.52. The summed E-state index contributed by atoms with van der Waals surface area (Å²) in [6, 6.07) is 11.0. The molecule has 0 spiro atoms. The monoisotopic (exact) mass is 261 g/mol. The minimum atomic E-state index is 0.331. The molecule has 0 bridgehead atoms. The molecule has 0 saturated carbocycles. The average Bonchev–Trinajstić information content (AvgIpc) is 2.48. The maximum absolute atomic E-state index is 8.87. The molecule has 1 saturated heterocycles. The third-order valence-electron chi connectivity index (χ3n) is 4.45. The number of hydrogen-bond acceptors (Lipinski definition) is 2. The second-order valence-corrected chi connectivity index (χ2v) is 5.71. The molecule has 2 heteroatoms. The topological polar surface area (TPSA) is 23.5 Å². The van der Waals surface area contributed by atoms with E-state index < -0.39 is 0 Å². The van der Waals surface area contributed by atoms with Gasteiger partial charge in [0, 0.05) is 13.2 Å². The summed E-state index contributed by atoms with van der Waals surface area (Å²) >= 11 is 0. The maximum atomic E-state index is 8.87. The van der Waals surface area contributed by atoms with Gasteiger partial charge in [-0.15, -0.1) is 0 Å². The van der Waals surface area contributed by atoms with E-state index in [-0.39, 0.29) is 0 Å². The number of benzene rings is 1. The lowest BCUT2D eigenvalue weighted by atomic mass is 9.79. The lowest BCUT2D eigenvalue weighted by molar-refractivity contribution is 0.145. The van der Waals surface area contributed by atoms with E-state index in [1.54, 1.807) is 0 Å². The van der Waals surface area contributed by atoms with Gasteiger partial charge in [-0.1, -0.05) is 43.7 Å². The van der Waals surface area contributed by atoms with E-state index in [1.165, 1.54) is 31.5 Å². The van der Waals surface area contributed by atoms with Gasteiger partial charge in [0.2, 0.25) is 0 Å². The fourth-order valence-electron chi connectivity index (χ4n) is 3.31. The summed E-state index contributed by atoms with van der Waals surface area (Å²) in [7, 11) is 0. The molecular weight excluding hydrogens is 234 g/mol. The fourth-order valence-corrected chi connectivity index (χ4v) is 3.31. The summed E-state index contributed by atoms with van der Waals surface area (Å²) in [6.07, 6.45) is 4.61. The van der Waals surface area contributed by atoms with Crippen LogP contribution in [0.5, 0.6) is 0 Å². The van der Waals surface area contributed by atoms with E-state index in [0.717, 1.165) is 31.2 Å². The molecule has 1 aromatic rings. The van der Waals surface area contributed by atoms with Gasteiger partial charge in [-0.2, -0.15) is 0 Å². The minimum absolute atomic E-state index is 0.331. The molecule has 1 aromatic carbocycles. The normalized spacial score (nSPS) is 24.5. The SMILES string of the molecule is CCC1CN(CCCCO)CCC1c1ccccc1. The summed E-state index contributed by atoms with van der Waals surface area (Å²) in [4.78, 5) is 2.59. The molecule has 0 aromatic heterocycles. The zero-order valence-electron chi connectivity index (χ0n) is 12.1. The molecule has 2 rings (SSSR count). The predicted molar refractivity (Wildman–Crippen MR) is 80.3 cm³/mol. The number of hydrogen-bond donors (Lipinski definition) is 1. The third kappa shape index (κ3) is 4.05. The standard InChI is InChI=1S/C17H27NO/c1-2-15-14-18(11-6-7-13-19)12-10-17(15)16-8-4-3-5-9-16/h3-5,8-9,15,17,19H,2,6-7,10-14H2,1H3. The van der Waals surface area contributed by atoms with Crippen molar-refractivity contribution in [3.05, 3.63) is 35.9 Å². The Labute approximate surface area is 117 Å². The quantitative estimate of drug-likeness (QED) is 0.794. The van der Waals surface area contributed by atoms with E-state index in [2.05, 4.69) is 42.2 Å². The second-order valence-electron chi connectivity index (χ2n) is 5.71. The van der Waals surface area contributed by atoms with Crippen molar-refractivity contribution in [1.29, 1.82) is 0 Å². The van der Waals surface area contributed by atoms with Crippen molar-refractivity contribution in [3.8, 4) is 0 Å². The number of aliphatic hydroxyl groups excluding tert-OH is 1. The van der Waals surface area contributed by atoms with Gasteiger partial charge in [-0.05, 0) is 49.8 Å². The Hall–Kier alpha value is -0.860. The van der Waals surface area contributed by atoms with E-state index in [4.69, 9.17) is 5.11 Å². The number of likely N-dealkylation sites (tertiary alicyclic amines) is 1. The van der Waals surface area contributed by atoms with Crippen LogP contribution in [0, 0.1) is 5.92 Å². The lowest BCUT2D eigenvalue weighted by Crippen LogP contribution is -2.39. The first-order chi connectivity index (χ1) is 9.35. The van der Waals surface area contributed by atoms with Gasteiger partial charge in [0.15, 0.2) is 0 Å². The minimum Gasteiger partial charge on any atom is -0.396 e. The van der Waals surface area contributed by atoms with Crippen molar-refractivity contribution in [2.24, 2.45) is 5.92 Å².